The highest BCUT2D eigenvalue weighted by atomic mass is 35.5. The number of halogens is 1. The van der Waals surface area contributed by atoms with E-state index in [2.05, 4.69) is 0 Å². The number of fused-ring (bicyclic) bond motifs is 1. The maximum absolute atomic E-state index is 12.9. The van der Waals surface area contributed by atoms with Gasteiger partial charge in [-0.05, 0) is 43.3 Å². The number of nitro groups is 1. The molecule has 0 radical (unpaired) electrons. The van der Waals surface area contributed by atoms with Crippen molar-refractivity contribution in [2.75, 3.05) is 0 Å². The van der Waals surface area contributed by atoms with E-state index >= 15 is 0 Å². The van der Waals surface area contributed by atoms with E-state index in [4.69, 9.17) is 16.0 Å². The highest BCUT2D eigenvalue weighted by molar-refractivity contribution is 6.30. The Labute approximate surface area is 158 Å². The number of hydrogen-bond donors (Lipinski definition) is 0. The van der Waals surface area contributed by atoms with Crippen LogP contribution in [0, 0.1) is 17.0 Å². The average molecular weight is 381 g/mol. The molecule has 134 valence electrons. The van der Waals surface area contributed by atoms with Crippen LogP contribution < -0.4 is 5.56 Å². The lowest BCUT2D eigenvalue weighted by molar-refractivity contribution is -0.385. The number of aryl methyl sites for hydroxylation is 1. The van der Waals surface area contributed by atoms with E-state index in [0.29, 0.717) is 33.0 Å². The van der Waals surface area contributed by atoms with Crippen molar-refractivity contribution in [3.8, 4) is 17.0 Å². The molecular weight excluding hydrogens is 368 g/mol. The van der Waals surface area contributed by atoms with Crippen molar-refractivity contribution >= 4 is 28.3 Å². The van der Waals surface area contributed by atoms with Crippen molar-refractivity contribution < 1.29 is 9.34 Å². The number of rotatable bonds is 3. The molecule has 2 aromatic carbocycles. The van der Waals surface area contributed by atoms with Crippen molar-refractivity contribution in [2.24, 2.45) is 0 Å². The van der Waals surface area contributed by atoms with Crippen molar-refractivity contribution in [1.82, 2.24) is 4.57 Å². The third kappa shape index (κ3) is 3.00. The van der Waals surface area contributed by atoms with E-state index in [9.17, 15) is 14.9 Å². The lowest BCUT2D eigenvalue weighted by Gasteiger charge is -2.06. The Morgan fingerprint density at radius 2 is 1.93 bits per heavy atom. The summed E-state index contributed by atoms with van der Waals surface area (Å²) in [6.45, 7) is 1.64. The molecule has 0 unspecified atom stereocenters. The number of pyridine rings is 1. The van der Waals surface area contributed by atoms with Gasteiger partial charge in [-0.1, -0.05) is 23.7 Å². The molecule has 27 heavy (non-hydrogen) atoms. The Bertz CT molecular complexity index is 1260. The standard InChI is InChI=1S/C20H13ClN2O4/c1-12-9-15(5-6-17(12)23(25)26)22-8-7-18-16(20(22)24)11-19(27-18)13-3-2-4-14(21)10-13/h2-11H,1H3. The average Bonchev–Trinajstić information content (AvgIpc) is 3.07. The predicted molar refractivity (Wildman–Crippen MR) is 104 cm³/mol. The summed E-state index contributed by atoms with van der Waals surface area (Å²) < 4.78 is 7.23. The maximum atomic E-state index is 12.9. The Hall–Kier alpha value is -3.38. The molecular formula is C20H13ClN2O4. The van der Waals surface area contributed by atoms with E-state index in [-0.39, 0.29) is 11.2 Å². The molecule has 0 saturated carbocycles. The van der Waals surface area contributed by atoms with Crippen molar-refractivity contribution in [1.29, 1.82) is 0 Å². The molecule has 7 heteroatoms. The van der Waals surface area contributed by atoms with Crippen LogP contribution in [0.2, 0.25) is 5.02 Å². The molecule has 4 aromatic rings. The summed E-state index contributed by atoms with van der Waals surface area (Å²) in [4.78, 5) is 23.5. The minimum absolute atomic E-state index is 0.0134. The van der Waals surface area contributed by atoms with Crippen LogP contribution in [0.15, 0.2) is 70.0 Å². The van der Waals surface area contributed by atoms with Crippen LogP contribution >= 0.6 is 11.6 Å². The zero-order chi connectivity index (χ0) is 19.1. The fraction of sp³-hybridized carbons (Fsp3) is 0.0500. The highest BCUT2D eigenvalue weighted by Crippen LogP contribution is 2.28. The van der Waals surface area contributed by atoms with E-state index in [1.165, 1.54) is 10.6 Å². The summed E-state index contributed by atoms with van der Waals surface area (Å²) in [5.74, 6) is 0.544. The van der Waals surface area contributed by atoms with Gasteiger partial charge in [0.25, 0.3) is 11.2 Å². The molecule has 0 aliphatic heterocycles. The number of hydrogen-bond acceptors (Lipinski definition) is 4. The summed E-state index contributed by atoms with van der Waals surface area (Å²) in [6, 6.07) is 15.1. The summed E-state index contributed by atoms with van der Waals surface area (Å²) in [5, 5.41) is 12.0. The number of aromatic nitrogens is 1. The van der Waals surface area contributed by atoms with Gasteiger partial charge in [0.2, 0.25) is 0 Å². The lowest BCUT2D eigenvalue weighted by Crippen LogP contribution is -2.17. The van der Waals surface area contributed by atoms with Crippen LogP contribution in [0.5, 0.6) is 0 Å². The monoisotopic (exact) mass is 380 g/mol. The number of benzene rings is 2. The highest BCUT2D eigenvalue weighted by Gasteiger charge is 2.14. The lowest BCUT2D eigenvalue weighted by atomic mass is 10.1. The quantitative estimate of drug-likeness (QED) is 0.365. The minimum Gasteiger partial charge on any atom is -0.456 e. The van der Waals surface area contributed by atoms with Gasteiger partial charge in [-0.3, -0.25) is 19.5 Å². The van der Waals surface area contributed by atoms with Crippen molar-refractivity contribution in [3.05, 3.63) is 91.8 Å². The van der Waals surface area contributed by atoms with E-state index in [1.807, 2.05) is 12.1 Å². The number of nitro benzene ring substituents is 1. The van der Waals surface area contributed by atoms with Crippen LogP contribution in [-0.2, 0) is 0 Å². The molecule has 6 nitrogen and oxygen atoms in total. The van der Waals surface area contributed by atoms with Gasteiger partial charge >= 0.3 is 0 Å². The first-order valence-corrected chi connectivity index (χ1v) is 8.48. The first-order chi connectivity index (χ1) is 12.9. The van der Waals surface area contributed by atoms with Gasteiger partial charge < -0.3 is 4.42 Å². The molecule has 0 amide bonds. The molecule has 0 saturated heterocycles. The molecule has 4 rings (SSSR count). The zero-order valence-electron chi connectivity index (χ0n) is 14.2. The molecule has 0 atom stereocenters. The molecule has 0 aliphatic rings. The van der Waals surface area contributed by atoms with Crippen molar-refractivity contribution in [3.63, 3.8) is 0 Å². The second kappa shape index (κ2) is 6.41. The Balaban J connectivity index is 1.84. The molecule has 0 bridgehead atoms. The van der Waals surface area contributed by atoms with Crippen molar-refractivity contribution in [2.45, 2.75) is 6.92 Å². The predicted octanol–water partition coefficient (Wildman–Crippen LogP) is 5.12. The van der Waals surface area contributed by atoms with Gasteiger partial charge in [0.1, 0.15) is 11.3 Å². The molecule has 2 heterocycles. The normalized spacial score (nSPS) is 11.0. The fourth-order valence-electron chi connectivity index (χ4n) is 3.02. The third-order valence-corrected chi connectivity index (χ3v) is 4.58. The topological polar surface area (TPSA) is 78.3 Å². The zero-order valence-corrected chi connectivity index (χ0v) is 14.9. The summed E-state index contributed by atoms with van der Waals surface area (Å²) in [6.07, 6.45) is 1.59. The Morgan fingerprint density at radius 3 is 2.63 bits per heavy atom. The van der Waals surface area contributed by atoms with Crippen LogP contribution in [0.4, 0.5) is 5.69 Å². The van der Waals surface area contributed by atoms with Crippen LogP contribution in [0.1, 0.15) is 5.56 Å². The van der Waals surface area contributed by atoms with Crippen LogP contribution in [0.3, 0.4) is 0 Å². The number of nitrogens with zero attached hydrogens (tertiary/aromatic N) is 2. The Morgan fingerprint density at radius 1 is 1.11 bits per heavy atom. The van der Waals surface area contributed by atoms with E-state index < -0.39 is 4.92 Å². The third-order valence-electron chi connectivity index (χ3n) is 4.35. The van der Waals surface area contributed by atoms with Gasteiger partial charge in [-0.25, -0.2) is 0 Å². The first-order valence-electron chi connectivity index (χ1n) is 8.10. The molecule has 0 spiro atoms. The van der Waals surface area contributed by atoms with Gasteiger partial charge in [0, 0.05) is 34.1 Å². The summed E-state index contributed by atoms with van der Waals surface area (Å²) in [7, 11) is 0. The van der Waals surface area contributed by atoms with Gasteiger partial charge in [0.05, 0.1) is 10.3 Å². The summed E-state index contributed by atoms with van der Waals surface area (Å²) >= 11 is 6.02. The van der Waals surface area contributed by atoms with Gasteiger partial charge in [-0.15, -0.1) is 0 Å². The molecule has 0 fully saturated rings. The Kier molecular flexibility index (Phi) is 4.05. The maximum Gasteiger partial charge on any atom is 0.272 e. The second-order valence-corrected chi connectivity index (χ2v) is 6.55. The number of furan rings is 1. The molecule has 0 N–H and O–H groups in total. The van der Waals surface area contributed by atoms with Crippen LogP contribution in [0.25, 0.3) is 28.0 Å². The molecule has 0 aliphatic carbocycles. The smallest absolute Gasteiger partial charge is 0.272 e. The first kappa shape index (κ1) is 17.1. The SMILES string of the molecule is Cc1cc(-n2ccc3oc(-c4cccc(Cl)c4)cc3c2=O)ccc1[N+](=O)[O-]. The summed E-state index contributed by atoms with van der Waals surface area (Å²) in [5.41, 5.74) is 2.02. The second-order valence-electron chi connectivity index (χ2n) is 6.12. The van der Waals surface area contributed by atoms with Gasteiger partial charge in [-0.2, -0.15) is 0 Å². The van der Waals surface area contributed by atoms with E-state index in [1.54, 1.807) is 49.5 Å². The largest absolute Gasteiger partial charge is 0.456 e. The fourth-order valence-corrected chi connectivity index (χ4v) is 3.21. The van der Waals surface area contributed by atoms with E-state index in [0.717, 1.165) is 5.56 Å². The molecule has 2 aromatic heterocycles. The van der Waals surface area contributed by atoms with Crippen LogP contribution in [-0.4, -0.2) is 9.49 Å². The van der Waals surface area contributed by atoms with Gasteiger partial charge in [0.15, 0.2) is 0 Å². The minimum atomic E-state index is -0.446.